The van der Waals surface area contributed by atoms with Crippen LogP contribution >= 0.6 is 11.3 Å². The molecule has 2 rings (SSSR count). The molecule has 0 amide bonds. The van der Waals surface area contributed by atoms with Crippen LogP contribution in [-0.4, -0.2) is 25.6 Å². The highest BCUT2D eigenvalue weighted by Crippen LogP contribution is 2.09. The molecule has 0 atom stereocenters. The van der Waals surface area contributed by atoms with Crippen LogP contribution in [0.15, 0.2) is 21.2 Å². The molecular formula is C11H11N3O4S. The highest BCUT2D eigenvalue weighted by molar-refractivity contribution is 7.09. The molecule has 100 valence electrons. The second-order valence-electron chi connectivity index (χ2n) is 3.93. The third-order valence-corrected chi connectivity index (χ3v) is 3.50. The van der Waals surface area contributed by atoms with Crippen molar-refractivity contribution in [1.82, 2.24) is 14.5 Å². The van der Waals surface area contributed by atoms with Crippen molar-refractivity contribution in [2.24, 2.45) is 0 Å². The molecule has 0 saturated carbocycles. The molecule has 0 aliphatic rings. The van der Waals surface area contributed by atoms with E-state index in [1.807, 2.05) is 17.3 Å². The van der Waals surface area contributed by atoms with Crippen LogP contribution < -0.4 is 11.2 Å². The Morgan fingerprint density at radius 3 is 2.84 bits per heavy atom. The van der Waals surface area contributed by atoms with Gasteiger partial charge in [0.2, 0.25) is 0 Å². The molecule has 2 aromatic rings. The summed E-state index contributed by atoms with van der Waals surface area (Å²) < 4.78 is 1.17. The number of hydrogen-bond acceptors (Lipinski definition) is 5. The minimum atomic E-state index is -1.36. The lowest BCUT2D eigenvalue weighted by Gasteiger charge is -2.04. The Hall–Kier alpha value is -2.22. The number of aryl methyl sites for hydroxylation is 3. The molecule has 0 aromatic carbocycles. The molecule has 0 saturated heterocycles. The van der Waals surface area contributed by atoms with Crippen molar-refractivity contribution in [3.63, 3.8) is 0 Å². The first kappa shape index (κ1) is 13.2. The second-order valence-corrected chi connectivity index (χ2v) is 4.88. The maximum atomic E-state index is 11.5. The number of nitrogens with one attached hydrogen (secondary N) is 1. The molecule has 0 bridgehead atoms. The van der Waals surface area contributed by atoms with E-state index in [2.05, 4.69) is 4.98 Å². The van der Waals surface area contributed by atoms with Gasteiger partial charge in [-0.15, -0.1) is 11.3 Å². The summed E-state index contributed by atoms with van der Waals surface area (Å²) in [5, 5.41) is 11.6. The quantitative estimate of drug-likeness (QED) is 0.835. The van der Waals surface area contributed by atoms with Crippen LogP contribution in [0.25, 0.3) is 0 Å². The van der Waals surface area contributed by atoms with E-state index in [1.54, 1.807) is 0 Å². The van der Waals surface area contributed by atoms with Crippen molar-refractivity contribution >= 4 is 17.3 Å². The van der Waals surface area contributed by atoms with Crippen molar-refractivity contribution < 1.29 is 9.90 Å². The Bertz CT molecular complexity index is 728. The van der Waals surface area contributed by atoms with Gasteiger partial charge >= 0.3 is 11.7 Å². The normalized spacial score (nSPS) is 10.6. The van der Waals surface area contributed by atoms with Crippen LogP contribution in [0.1, 0.15) is 21.1 Å². The van der Waals surface area contributed by atoms with Gasteiger partial charge in [-0.1, -0.05) is 0 Å². The van der Waals surface area contributed by atoms with E-state index in [0.29, 0.717) is 6.42 Å². The zero-order valence-electron chi connectivity index (χ0n) is 10.0. The first-order valence-corrected chi connectivity index (χ1v) is 6.33. The van der Waals surface area contributed by atoms with Crippen LogP contribution in [0.2, 0.25) is 0 Å². The molecule has 0 spiro atoms. The minimum absolute atomic E-state index is 0.267. The number of rotatable bonds is 4. The van der Waals surface area contributed by atoms with E-state index in [0.717, 1.165) is 16.9 Å². The van der Waals surface area contributed by atoms with Gasteiger partial charge in [0.05, 0.1) is 5.01 Å². The average molecular weight is 281 g/mol. The van der Waals surface area contributed by atoms with Crippen molar-refractivity contribution in [3.8, 4) is 0 Å². The molecule has 0 fully saturated rings. The Balaban J connectivity index is 2.25. The number of carboxylic acids is 1. The van der Waals surface area contributed by atoms with E-state index in [1.165, 1.54) is 15.9 Å². The standard InChI is InChI=1S/C11H11N3O4S/c1-6-5-19-8(12-6)2-3-14-4-7(10(16)17)9(15)13-11(14)18/h4-5H,2-3H2,1H3,(H,16,17)(H,13,15,18). The summed E-state index contributed by atoms with van der Waals surface area (Å²) >= 11 is 1.47. The predicted octanol–water partition coefficient (Wildman–Crippen LogP) is 0.242. The highest BCUT2D eigenvalue weighted by atomic mass is 32.1. The third kappa shape index (κ3) is 2.97. The molecule has 0 aliphatic carbocycles. The first-order chi connectivity index (χ1) is 8.97. The average Bonchev–Trinajstić information content (AvgIpc) is 2.73. The largest absolute Gasteiger partial charge is 0.477 e. The summed E-state index contributed by atoms with van der Waals surface area (Å²) in [7, 11) is 0. The SMILES string of the molecule is Cc1csc(CCn2cc(C(=O)O)c(=O)[nH]c2=O)n1. The summed E-state index contributed by atoms with van der Waals surface area (Å²) in [5.74, 6) is -1.36. The molecule has 0 radical (unpaired) electrons. The van der Waals surface area contributed by atoms with E-state index in [9.17, 15) is 14.4 Å². The molecule has 8 heteroatoms. The lowest BCUT2D eigenvalue weighted by Crippen LogP contribution is -2.33. The number of hydrogen-bond donors (Lipinski definition) is 2. The van der Waals surface area contributed by atoms with Gasteiger partial charge in [0.25, 0.3) is 5.56 Å². The molecule has 2 N–H and O–H groups in total. The van der Waals surface area contributed by atoms with Crippen molar-refractivity contribution in [2.75, 3.05) is 0 Å². The molecular weight excluding hydrogens is 270 g/mol. The molecule has 0 aliphatic heterocycles. The fourth-order valence-corrected chi connectivity index (χ4v) is 2.33. The lowest BCUT2D eigenvalue weighted by atomic mass is 10.3. The number of aromatic carboxylic acids is 1. The Morgan fingerprint density at radius 2 is 2.26 bits per heavy atom. The molecule has 19 heavy (non-hydrogen) atoms. The highest BCUT2D eigenvalue weighted by Gasteiger charge is 2.11. The van der Waals surface area contributed by atoms with Crippen LogP contribution in [0, 0.1) is 6.92 Å². The fraction of sp³-hybridized carbons (Fsp3) is 0.273. The van der Waals surface area contributed by atoms with Gasteiger partial charge in [0.1, 0.15) is 5.56 Å². The minimum Gasteiger partial charge on any atom is -0.477 e. The lowest BCUT2D eigenvalue weighted by molar-refractivity contribution is 0.0693. The first-order valence-electron chi connectivity index (χ1n) is 5.45. The van der Waals surface area contributed by atoms with E-state index >= 15 is 0 Å². The summed E-state index contributed by atoms with van der Waals surface area (Å²) in [5.41, 5.74) is -1.06. The van der Waals surface area contributed by atoms with Gasteiger partial charge in [0.15, 0.2) is 0 Å². The van der Waals surface area contributed by atoms with Crippen LogP contribution in [0.5, 0.6) is 0 Å². The summed E-state index contributed by atoms with van der Waals surface area (Å²) in [6.45, 7) is 2.14. The van der Waals surface area contributed by atoms with E-state index < -0.39 is 22.8 Å². The Labute approximate surface area is 111 Å². The molecule has 7 nitrogen and oxygen atoms in total. The third-order valence-electron chi connectivity index (χ3n) is 2.47. The number of aromatic nitrogens is 3. The number of nitrogens with zero attached hydrogens (tertiary/aromatic N) is 2. The summed E-state index contributed by atoms with van der Waals surface area (Å²) in [6.07, 6.45) is 1.56. The Kier molecular flexibility index (Phi) is 3.61. The van der Waals surface area contributed by atoms with Crippen LogP contribution in [0.4, 0.5) is 0 Å². The number of carboxylic acid groups (broad SMARTS) is 1. The van der Waals surface area contributed by atoms with Crippen molar-refractivity contribution in [2.45, 2.75) is 19.9 Å². The fourth-order valence-electron chi connectivity index (χ4n) is 1.56. The van der Waals surface area contributed by atoms with Crippen LogP contribution in [0.3, 0.4) is 0 Å². The molecule has 2 heterocycles. The zero-order valence-corrected chi connectivity index (χ0v) is 10.9. The van der Waals surface area contributed by atoms with Gasteiger partial charge in [-0.05, 0) is 6.92 Å². The maximum Gasteiger partial charge on any atom is 0.342 e. The topological polar surface area (TPSA) is 105 Å². The van der Waals surface area contributed by atoms with Gasteiger partial charge in [-0.25, -0.2) is 14.6 Å². The van der Waals surface area contributed by atoms with Crippen LogP contribution in [-0.2, 0) is 13.0 Å². The number of aromatic amines is 1. The summed E-state index contributed by atoms with van der Waals surface area (Å²) in [4.78, 5) is 39.8. The predicted molar refractivity (Wildman–Crippen MR) is 68.8 cm³/mol. The monoisotopic (exact) mass is 281 g/mol. The van der Waals surface area contributed by atoms with Gasteiger partial charge < -0.3 is 5.11 Å². The number of carbonyl (C=O) groups is 1. The number of H-pyrrole nitrogens is 1. The zero-order chi connectivity index (χ0) is 14.0. The van der Waals surface area contributed by atoms with E-state index in [4.69, 9.17) is 5.11 Å². The molecule has 0 unspecified atom stereocenters. The van der Waals surface area contributed by atoms with Gasteiger partial charge in [-0.2, -0.15) is 0 Å². The van der Waals surface area contributed by atoms with Gasteiger partial charge in [-0.3, -0.25) is 14.3 Å². The van der Waals surface area contributed by atoms with Crippen molar-refractivity contribution in [1.29, 1.82) is 0 Å². The maximum absolute atomic E-state index is 11.5. The Morgan fingerprint density at radius 1 is 1.53 bits per heavy atom. The van der Waals surface area contributed by atoms with Gasteiger partial charge in [0, 0.05) is 30.2 Å². The number of thiazole rings is 1. The smallest absolute Gasteiger partial charge is 0.342 e. The van der Waals surface area contributed by atoms with E-state index in [-0.39, 0.29) is 6.54 Å². The summed E-state index contributed by atoms with van der Waals surface area (Å²) in [6, 6.07) is 0. The second kappa shape index (κ2) is 5.19. The molecule has 2 aromatic heterocycles. The van der Waals surface area contributed by atoms with Crippen molar-refractivity contribution in [3.05, 3.63) is 48.7 Å².